The van der Waals surface area contributed by atoms with Gasteiger partial charge in [-0.1, -0.05) is 42.5 Å². The van der Waals surface area contributed by atoms with Crippen LogP contribution in [0.25, 0.3) is 0 Å². The van der Waals surface area contributed by atoms with Crippen molar-refractivity contribution in [2.75, 3.05) is 31.5 Å². The molecule has 0 fully saturated rings. The molecule has 174 valence electrons. The molecule has 9 heteroatoms. The first-order valence-corrected chi connectivity index (χ1v) is 11.9. The maximum Gasteiger partial charge on any atom is 0.304 e. The normalized spacial score (nSPS) is 12.3. The highest BCUT2D eigenvalue weighted by Gasteiger charge is 2.32. The van der Waals surface area contributed by atoms with Gasteiger partial charge in [0, 0.05) is 27.2 Å². The number of rotatable bonds is 10. The van der Waals surface area contributed by atoms with Crippen LogP contribution in [-0.4, -0.2) is 62.7 Å². The van der Waals surface area contributed by atoms with Crippen LogP contribution in [-0.2, 0) is 26.3 Å². The molecule has 0 aliphatic carbocycles. The molecule has 0 aromatic heterocycles. The summed E-state index contributed by atoms with van der Waals surface area (Å²) in [6, 6.07) is 15.3. The fourth-order valence-electron chi connectivity index (χ4n) is 3.19. The van der Waals surface area contributed by atoms with Gasteiger partial charge in [0.05, 0.1) is 5.69 Å². The highest BCUT2D eigenvalue weighted by atomic mass is 32.2. The fourth-order valence-corrected chi connectivity index (χ4v) is 4.24. The van der Waals surface area contributed by atoms with Crippen molar-refractivity contribution >= 4 is 27.7 Å². The van der Waals surface area contributed by atoms with Crippen molar-refractivity contribution in [2.45, 2.75) is 33.4 Å². The summed E-state index contributed by atoms with van der Waals surface area (Å²) in [7, 11) is -1.11. The van der Waals surface area contributed by atoms with E-state index in [0.29, 0.717) is 12.2 Å². The summed E-state index contributed by atoms with van der Waals surface area (Å²) in [5.74, 6) is -0.766. The Morgan fingerprint density at radius 2 is 1.59 bits per heavy atom. The van der Waals surface area contributed by atoms with E-state index >= 15 is 0 Å². The van der Waals surface area contributed by atoms with E-state index in [9.17, 15) is 18.0 Å². The molecular formula is C23H32N4O4S. The second-order valence-electron chi connectivity index (χ2n) is 7.65. The summed E-state index contributed by atoms with van der Waals surface area (Å²) in [5.41, 5.74) is 2.24. The van der Waals surface area contributed by atoms with Gasteiger partial charge in [-0.2, -0.15) is 12.7 Å². The van der Waals surface area contributed by atoms with E-state index in [2.05, 4.69) is 5.32 Å². The molecule has 0 spiro atoms. The fraction of sp³-hybridized carbons (Fsp3) is 0.391. The van der Waals surface area contributed by atoms with Gasteiger partial charge in [-0.15, -0.1) is 0 Å². The summed E-state index contributed by atoms with van der Waals surface area (Å²) in [4.78, 5) is 27.5. The van der Waals surface area contributed by atoms with Crippen LogP contribution >= 0.6 is 0 Å². The van der Waals surface area contributed by atoms with E-state index in [1.54, 1.807) is 44.2 Å². The second-order valence-corrected chi connectivity index (χ2v) is 9.72. The number of aryl methyl sites for hydroxylation is 1. The minimum absolute atomic E-state index is 0.189. The van der Waals surface area contributed by atoms with Crippen molar-refractivity contribution in [3.63, 3.8) is 0 Å². The summed E-state index contributed by atoms with van der Waals surface area (Å²) in [5, 5.41) is 2.74. The lowest BCUT2D eigenvalue weighted by Crippen LogP contribution is -2.52. The van der Waals surface area contributed by atoms with Crippen LogP contribution in [0.15, 0.2) is 54.6 Å². The van der Waals surface area contributed by atoms with Crippen LogP contribution in [0.4, 0.5) is 5.69 Å². The number of amides is 2. The van der Waals surface area contributed by atoms with Crippen LogP contribution < -0.4 is 9.62 Å². The van der Waals surface area contributed by atoms with Crippen molar-refractivity contribution in [3.8, 4) is 0 Å². The highest BCUT2D eigenvalue weighted by molar-refractivity contribution is 7.90. The third-order valence-corrected chi connectivity index (χ3v) is 7.00. The van der Waals surface area contributed by atoms with Gasteiger partial charge in [0.2, 0.25) is 11.8 Å². The number of nitrogens with one attached hydrogen (secondary N) is 1. The molecule has 2 aromatic carbocycles. The number of carbonyl (C=O) groups excluding carboxylic acids is 2. The minimum Gasteiger partial charge on any atom is -0.355 e. The van der Waals surface area contributed by atoms with Crippen molar-refractivity contribution < 1.29 is 18.0 Å². The molecule has 0 bridgehead atoms. The average molecular weight is 461 g/mol. The van der Waals surface area contributed by atoms with Crippen LogP contribution in [0.5, 0.6) is 0 Å². The maximum absolute atomic E-state index is 13.5. The molecule has 0 saturated heterocycles. The molecule has 2 rings (SSSR count). The number of likely N-dealkylation sites (N-methyl/N-ethyl adjacent to an activating group) is 1. The van der Waals surface area contributed by atoms with Crippen LogP contribution in [0.2, 0.25) is 0 Å². The third kappa shape index (κ3) is 6.08. The Bertz CT molecular complexity index is 1030. The standard InChI is InChI=1S/C23H32N4O4S/c1-6-24-23(29)19(3)26(16-20-13-11-10-12-18(20)2)22(28)17-27(32(30,31)25(4)5)21-14-8-7-9-15-21/h7-15,19H,6,16-17H2,1-5H3,(H,24,29)/t19-/m0/s1. The molecule has 0 radical (unpaired) electrons. The minimum atomic E-state index is -3.94. The van der Waals surface area contributed by atoms with Crippen LogP contribution in [0.1, 0.15) is 25.0 Å². The van der Waals surface area contributed by atoms with Crippen molar-refractivity contribution in [1.29, 1.82) is 0 Å². The Morgan fingerprint density at radius 1 is 1.00 bits per heavy atom. The molecule has 0 saturated carbocycles. The molecule has 8 nitrogen and oxygen atoms in total. The number of benzene rings is 2. The monoisotopic (exact) mass is 460 g/mol. The number of anilines is 1. The Kier molecular flexibility index (Phi) is 8.80. The molecule has 0 heterocycles. The molecule has 0 aliphatic heterocycles. The van der Waals surface area contributed by atoms with Crippen molar-refractivity contribution in [3.05, 3.63) is 65.7 Å². The number of carbonyl (C=O) groups is 2. The van der Waals surface area contributed by atoms with Crippen molar-refractivity contribution in [2.24, 2.45) is 0 Å². The lowest BCUT2D eigenvalue weighted by molar-refractivity contribution is -0.139. The van der Waals surface area contributed by atoms with Gasteiger partial charge in [-0.05, 0) is 44.0 Å². The van der Waals surface area contributed by atoms with Gasteiger partial charge in [0.1, 0.15) is 12.6 Å². The molecule has 1 N–H and O–H groups in total. The highest BCUT2D eigenvalue weighted by Crippen LogP contribution is 2.21. The SMILES string of the molecule is CCNC(=O)[C@H](C)N(Cc1ccccc1C)C(=O)CN(c1ccccc1)S(=O)(=O)N(C)C. The van der Waals surface area contributed by atoms with Gasteiger partial charge in [0.25, 0.3) is 0 Å². The van der Waals surface area contributed by atoms with E-state index in [1.807, 2.05) is 31.2 Å². The lowest BCUT2D eigenvalue weighted by Gasteiger charge is -2.33. The predicted octanol–water partition coefficient (Wildman–Crippen LogP) is 2.16. The summed E-state index contributed by atoms with van der Waals surface area (Å²) in [6.45, 7) is 5.57. The molecule has 2 amide bonds. The smallest absolute Gasteiger partial charge is 0.304 e. The Morgan fingerprint density at radius 3 is 2.16 bits per heavy atom. The molecule has 0 aliphatic rings. The van der Waals surface area contributed by atoms with Crippen LogP contribution in [0, 0.1) is 6.92 Å². The first-order chi connectivity index (χ1) is 15.1. The first-order valence-electron chi connectivity index (χ1n) is 10.5. The predicted molar refractivity (Wildman–Crippen MR) is 126 cm³/mol. The third-order valence-electron chi connectivity index (χ3n) is 5.18. The van der Waals surface area contributed by atoms with E-state index in [0.717, 1.165) is 19.7 Å². The van der Waals surface area contributed by atoms with Gasteiger partial charge in [0.15, 0.2) is 0 Å². The molecule has 1 atom stereocenters. The number of hydrogen-bond acceptors (Lipinski definition) is 4. The topological polar surface area (TPSA) is 90.0 Å². The average Bonchev–Trinajstić information content (AvgIpc) is 2.76. The number of para-hydroxylation sites is 1. The Balaban J connectivity index is 2.43. The zero-order valence-corrected chi connectivity index (χ0v) is 20.1. The largest absolute Gasteiger partial charge is 0.355 e. The van der Waals surface area contributed by atoms with E-state index in [1.165, 1.54) is 19.0 Å². The summed E-state index contributed by atoms with van der Waals surface area (Å²) < 4.78 is 28.1. The molecule has 2 aromatic rings. The van der Waals surface area contributed by atoms with Gasteiger partial charge >= 0.3 is 10.2 Å². The Labute approximate surface area is 191 Å². The van der Waals surface area contributed by atoms with Crippen LogP contribution in [0.3, 0.4) is 0 Å². The molecular weight excluding hydrogens is 428 g/mol. The lowest BCUT2D eigenvalue weighted by atomic mass is 10.1. The van der Waals surface area contributed by atoms with E-state index in [4.69, 9.17) is 0 Å². The number of nitrogens with zero attached hydrogens (tertiary/aromatic N) is 3. The zero-order chi connectivity index (χ0) is 23.9. The molecule has 32 heavy (non-hydrogen) atoms. The molecule has 0 unspecified atom stereocenters. The van der Waals surface area contributed by atoms with E-state index in [-0.39, 0.29) is 12.5 Å². The summed E-state index contributed by atoms with van der Waals surface area (Å²) >= 11 is 0. The number of hydrogen-bond donors (Lipinski definition) is 1. The zero-order valence-electron chi connectivity index (χ0n) is 19.3. The van der Waals surface area contributed by atoms with Crippen molar-refractivity contribution in [1.82, 2.24) is 14.5 Å². The van der Waals surface area contributed by atoms with Gasteiger partial charge < -0.3 is 10.2 Å². The van der Waals surface area contributed by atoms with E-state index < -0.39 is 28.7 Å². The second kappa shape index (κ2) is 11.1. The van der Waals surface area contributed by atoms with Gasteiger partial charge in [-0.25, -0.2) is 4.31 Å². The van der Waals surface area contributed by atoms with Gasteiger partial charge in [-0.3, -0.25) is 9.59 Å². The quantitative estimate of drug-likeness (QED) is 0.588. The summed E-state index contributed by atoms with van der Waals surface area (Å²) in [6.07, 6.45) is 0. The first kappa shape index (κ1) is 25.4. The maximum atomic E-state index is 13.5. The Hall–Kier alpha value is -2.91.